The number of benzene rings is 2. The molecule has 0 saturated heterocycles. The fourth-order valence-electron chi connectivity index (χ4n) is 2.89. The fraction of sp³-hybridized carbons (Fsp3) is 0.286. The topological polar surface area (TPSA) is 62.7 Å². The van der Waals surface area contributed by atoms with Crippen molar-refractivity contribution in [1.82, 2.24) is 9.88 Å². The van der Waals surface area contributed by atoms with E-state index >= 15 is 0 Å². The number of anilines is 1. The summed E-state index contributed by atoms with van der Waals surface area (Å²) in [5, 5.41) is 1.20. The second-order valence-corrected chi connectivity index (χ2v) is 8.23. The van der Waals surface area contributed by atoms with Gasteiger partial charge in [0, 0.05) is 18.1 Å². The Balaban J connectivity index is 0.00000320. The number of carbonyl (C=O) groups is 2. The molecule has 160 valence electrons. The minimum atomic E-state index is -0.548. The highest BCUT2D eigenvalue weighted by Crippen LogP contribution is 2.34. The van der Waals surface area contributed by atoms with E-state index in [1.54, 1.807) is 29.2 Å². The number of thiazole rings is 1. The molecular weight excluding hydrogens is 445 g/mol. The summed E-state index contributed by atoms with van der Waals surface area (Å²) in [6.45, 7) is 2.97. The Labute approximate surface area is 190 Å². The van der Waals surface area contributed by atoms with E-state index in [0.717, 1.165) is 15.8 Å². The Morgan fingerprint density at radius 1 is 1.10 bits per heavy atom. The van der Waals surface area contributed by atoms with Gasteiger partial charge < -0.3 is 9.64 Å². The first-order chi connectivity index (χ1) is 13.8. The number of fused-ring (bicyclic) bond motifs is 1. The first kappa shape index (κ1) is 24.1. The molecule has 0 atom stereocenters. The summed E-state index contributed by atoms with van der Waals surface area (Å²) < 4.78 is 5.79. The summed E-state index contributed by atoms with van der Waals surface area (Å²) in [4.78, 5) is 33.9. The largest absolute Gasteiger partial charge is 0.465 e. The van der Waals surface area contributed by atoms with E-state index < -0.39 is 5.97 Å². The Morgan fingerprint density at radius 3 is 2.40 bits per heavy atom. The zero-order chi connectivity index (χ0) is 21.1. The van der Waals surface area contributed by atoms with Crippen LogP contribution in [0.2, 0.25) is 5.02 Å². The smallest absolute Gasteiger partial charge is 0.338 e. The lowest BCUT2D eigenvalue weighted by Crippen LogP contribution is -2.37. The van der Waals surface area contributed by atoms with Gasteiger partial charge in [-0.2, -0.15) is 0 Å². The van der Waals surface area contributed by atoms with Gasteiger partial charge in [-0.25, -0.2) is 9.78 Å². The van der Waals surface area contributed by atoms with E-state index in [1.165, 1.54) is 18.4 Å². The van der Waals surface area contributed by atoms with Crippen LogP contribution in [0.25, 0.3) is 10.2 Å². The van der Waals surface area contributed by atoms with E-state index in [-0.39, 0.29) is 29.4 Å². The van der Waals surface area contributed by atoms with E-state index in [1.807, 2.05) is 38.1 Å². The second kappa shape index (κ2) is 10.2. The number of hydrogen-bond acceptors (Lipinski definition) is 6. The summed E-state index contributed by atoms with van der Waals surface area (Å²) in [6.07, 6.45) is 0. The van der Waals surface area contributed by atoms with Crippen molar-refractivity contribution in [1.29, 1.82) is 0 Å². The Hall–Kier alpha value is -2.19. The molecule has 0 bridgehead atoms. The number of hydrogen-bond donors (Lipinski definition) is 0. The van der Waals surface area contributed by atoms with Crippen LogP contribution in [0.4, 0.5) is 5.13 Å². The van der Waals surface area contributed by atoms with Crippen LogP contribution in [0.15, 0.2) is 36.4 Å². The number of halogens is 2. The van der Waals surface area contributed by atoms with E-state index in [0.29, 0.717) is 23.2 Å². The Morgan fingerprint density at radius 2 is 1.77 bits per heavy atom. The van der Waals surface area contributed by atoms with E-state index in [4.69, 9.17) is 21.3 Å². The number of nitrogens with zero attached hydrogens (tertiary/aromatic N) is 3. The molecule has 1 amide bonds. The first-order valence-electron chi connectivity index (χ1n) is 9.03. The fourth-order valence-corrected chi connectivity index (χ4v) is 4.09. The maximum absolute atomic E-state index is 13.5. The average Bonchev–Trinajstić information content (AvgIpc) is 3.14. The van der Waals surface area contributed by atoms with Crippen molar-refractivity contribution in [2.45, 2.75) is 6.92 Å². The minimum absolute atomic E-state index is 0. The molecule has 3 rings (SSSR count). The lowest BCUT2D eigenvalue weighted by molar-refractivity contribution is 0.0597. The van der Waals surface area contributed by atoms with Gasteiger partial charge in [-0.3, -0.25) is 9.69 Å². The number of methoxy groups -OCH3 is 1. The van der Waals surface area contributed by atoms with Gasteiger partial charge in [0.2, 0.25) is 0 Å². The number of ether oxygens (including phenoxy) is 1. The van der Waals surface area contributed by atoms with Gasteiger partial charge in [-0.1, -0.05) is 35.1 Å². The molecule has 0 unspecified atom stereocenters. The van der Waals surface area contributed by atoms with Crippen molar-refractivity contribution in [3.63, 3.8) is 0 Å². The third kappa shape index (κ3) is 4.92. The molecule has 0 spiro atoms. The normalized spacial score (nSPS) is 10.7. The van der Waals surface area contributed by atoms with Gasteiger partial charge in [0.15, 0.2) is 5.13 Å². The Kier molecular flexibility index (Phi) is 8.20. The quantitative estimate of drug-likeness (QED) is 0.492. The third-order valence-electron chi connectivity index (χ3n) is 4.55. The van der Waals surface area contributed by atoms with Gasteiger partial charge in [-0.15, -0.1) is 12.4 Å². The SMILES string of the molecule is COC(=O)c1ccccc1C(=O)N(CCN(C)C)c1nc2c(C)c(Cl)ccc2s1.Cl. The maximum Gasteiger partial charge on any atom is 0.338 e. The molecule has 0 fully saturated rings. The highest BCUT2D eigenvalue weighted by Gasteiger charge is 2.26. The predicted molar refractivity (Wildman–Crippen MR) is 125 cm³/mol. The van der Waals surface area contributed by atoms with Crippen molar-refractivity contribution < 1.29 is 14.3 Å². The Bertz CT molecular complexity index is 1070. The highest BCUT2D eigenvalue weighted by molar-refractivity contribution is 7.22. The molecule has 9 heteroatoms. The standard InChI is InChI=1S/C21H22ClN3O3S.ClH/c1-13-16(22)9-10-17-18(13)23-21(29-17)25(12-11-24(2)3)19(26)14-7-5-6-8-15(14)20(27)28-4;/h5-10H,11-12H2,1-4H3;1H. The molecule has 2 aromatic carbocycles. The van der Waals surface area contributed by atoms with Crippen LogP contribution < -0.4 is 4.90 Å². The molecule has 30 heavy (non-hydrogen) atoms. The number of esters is 1. The van der Waals surface area contributed by atoms with Crippen LogP contribution in [0, 0.1) is 6.92 Å². The molecule has 0 radical (unpaired) electrons. The van der Waals surface area contributed by atoms with Crippen LogP contribution in [0.1, 0.15) is 26.3 Å². The van der Waals surface area contributed by atoms with Crippen molar-refractivity contribution in [2.75, 3.05) is 39.2 Å². The zero-order valence-electron chi connectivity index (χ0n) is 17.1. The minimum Gasteiger partial charge on any atom is -0.465 e. The second-order valence-electron chi connectivity index (χ2n) is 6.81. The number of aromatic nitrogens is 1. The molecule has 0 saturated carbocycles. The molecule has 3 aromatic rings. The molecule has 1 heterocycles. The molecule has 0 N–H and O–H groups in total. The van der Waals surface area contributed by atoms with Gasteiger partial charge in [0.05, 0.1) is 28.5 Å². The molecule has 6 nitrogen and oxygen atoms in total. The summed E-state index contributed by atoms with van der Waals surface area (Å²) in [6, 6.07) is 10.4. The van der Waals surface area contributed by atoms with Gasteiger partial charge >= 0.3 is 5.97 Å². The van der Waals surface area contributed by atoms with Crippen LogP contribution in [0.3, 0.4) is 0 Å². The number of aryl methyl sites for hydroxylation is 1. The van der Waals surface area contributed by atoms with Gasteiger partial charge in [0.25, 0.3) is 5.91 Å². The molecule has 0 aliphatic rings. The van der Waals surface area contributed by atoms with Gasteiger partial charge in [-0.05, 0) is 50.8 Å². The van der Waals surface area contributed by atoms with Crippen molar-refractivity contribution in [3.8, 4) is 0 Å². The summed E-state index contributed by atoms with van der Waals surface area (Å²) in [5.74, 6) is -0.843. The maximum atomic E-state index is 13.5. The van der Waals surface area contributed by atoms with Gasteiger partial charge in [0.1, 0.15) is 0 Å². The number of amides is 1. The highest BCUT2D eigenvalue weighted by atomic mass is 35.5. The van der Waals surface area contributed by atoms with Crippen molar-refractivity contribution in [2.24, 2.45) is 0 Å². The summed E-state index contributed by atoms with van der Waals surface area (Å²) in [5.41, 5.74) is 2.17. The average molecular weight is 468 g/mol. The molecule has 0 aliphatic carbocycles. The van der Waals surface area contributed by atoms with Crippen LogP contribution in [0.5, 0.6) is 0 Å². The number of rotatable bonds is 6. The predicted octanol–water partition coefficient (Wildman–Crippen LogP) is 4.67. The summed E-state index contributed by atoms with van der Waals surface area (Å²) >= 11 is 7.66. The van der Waals surface area contributed by atoms with Crippen LogP contribution in [-0.4, -0.2) is 56.1 Å². The van der Waals surface area contributed by atoms with E-state index in [9.17, 15) is 9.59 Å². The first-order valence-corrected chi connectivity index (χ1v) is 10.2. The lowest BCUT2D eigenvalue weighted by atomic mass is 10.1. The summed E-state index contributed by atoms with van der Waals surface area (Å²) in [7, 11) is 5.17. The number of carbonyl (C=O) groups excluding carboxylic acids is 2. The number of likely N-dealkylation sites (N-methyl/N-ethyl adjacent to an activating group) is 1. The van der Waals surface area contributed by atoms with Crippen molar-refractivity contribution >= 4 is 62.6 Å². The zero-order valence-corrected chi connectivity index (χ0v) is 19.5. The van der Waals surface area contributed by atoms with Crippen molar-refractivity contribution in [3.05, 3.63) is 58.1 Å². The lowest BCUT2D eigenvalue weighted by Gasteiger charge is -2.22. The van der Waals surface area contributed by atoms with E-state index in [2.05, 4.69) is 0 Å². The molecular formula is C21H23Cl2N3O3S. The monoisotopic (exact) mass is 467 g/mol. The van der Waals surface area contributed by atoms with Crippen LogP contribution >= 0.6 is 35.3 Å². The third-order valence-corrected chi connectivity index (χ3v) is 6.00. The molecule has 1 aromatic heterocycles. The van der Waals surface area contributed by atoms with Crippen LogP contribution in [-0.2, 0) is 4.74 Å². The molecule has 0 aliphatic heterocycles.